The Labute approximate surface area is 472 Å². The zero-order chi connectivity index (χ0) is 63.0. The zero-order valence-electron chi connectivity index (χ0n) is 46.5. The lowest BCUT2D eigenvalue weighted by Gasteiger charge is -2.48. The molecule has 5 rings (SSSR count). The van der Waals surface area contributed by atoms with E-state index in [-0.39, 0.29) is 0 Å². The number of rotatable bonds is 16. The van der Waals surface area contributed by atoms with Crippen LogP contribution in [0.25, 0.3) is 0 Å². The van der Waals surface area contributed by atoms with Crippen LogP contribution in [0, 0.1) is 0 Å². The maximum Gasteiger partial charge on any atom is 0.310 e. The van der Waals surface area contributed by atoms with E-state index < -0.39 is 209 Å². The number of pyridine rings is 1. The van der Waals surface area contributed by atoms with Crippen LogP contribution in [0.3, 0.4) is 0 Å². The van der Waals surface area contributed by atoms with Crippen LogP contribution >= 0.6 is 0 Å². The Morgan fingerprint density at radius 2 is 0.759 bits per heavy atom. The normalized spacial score (nSPS) is 32.6. The van der Waals surface area contributed by atoms with E-state index in [0.717, 1.165) is 55.4 Å². The molecule has 0 radical (unpaired) electrons. The molecule has 5 heterocycles. The second-order valence-electron chi connectivity index (χ2n) is 17.9. The highest BCUT2D eigenvalue weighted by atomic mass is 16.8. The van der Waals surface area contributed by atoms with Gasteiger partial charge in [-0.15, -0.1) is 0 Å². The molecular weight excluding hydrogens is 1130 g/mol. The van der Waals surface area contributed by atoms with Crippen molar-refractivity contribution in [1.29, 1.82) is 0 Å². The van der Waals surface area contributed by atoms with Gasteiger partial charge in [0.1, 0.15) is 80.4 Å². The first-order chi connectivity index (χ1) is 38.8. The maximum atomic E-state index is 12.3. The van der Waals surface area contributed by atoms with Gasteiger partial charge in [0.15, 0.2) is 43.3 Å². The number of ether oxygens (including phenoxy) is 15. The van der Waals surface area contributed by atoms with Crippen LogP contribution in [0.1, 0.15) is 69.2 Å². The van der Waals surface area contributed by atoms with Gasteiger partial charge in [0, 0.05) is 81.6 Å². The molecule has 0 aliphatic carbocycles. The lowest BCUT2D eigenvalue weighted by Crippen LogP contribution is -2.67. The zero-order valence-corrected chi connectivity index (χ0v) is 46.5. The van der Waals surface area contributed by atoms with E-state index in [1.165, 1.54) is 13.8 Å². The van der Waals surface area contributed by atoms with Crippen molar-refractivity contribution in [2.24, 2.45) is 0 Å². The van der Waals surface area contributed by atoms with Gasteiger partial charge in [-0.25, -0.2) is 0 Å². The SMILES string of the molecule is CC(=O)OC(C)=O.CC(=O)OCC1OC(OC2C(COC(C)=O)O[C@H](OC(C)=O)C(OC(C)=O)C2OC(C)=O)C(OC(C)=O)C(OC(C)=O)C1OC(C)=O.OCC1OC(OC2C(CO)O[C@H](O)C(O)C2O)C(O)C(O)C1O.c1ccncc1. The minimum absolute atomic E-state index is 0.562. The molecule has 20 atom stereocenters. The summed E-state index contributed by atoms with van der Waals surface area (Å²) in [5.74, 6) is -8.14. The number of hydrogen-bond acceptors (Lipinski definition) is 34. The van der Waals surface area contributed by atoms with Gasteiger partial charge >= 0.3 is 59.7 Å². The topological polar surface area (TPSA) is 484 Å². The number of nitrogens with zero attached hydrogens (tertiary/aromatic N) is 1. The first kappa shape index (κ1) is 72.6. The number of aliphatic hydroxyl groups excluding tert-OH is 8. The van der Waals surface area contributed by atoms with Gasteiger partial charge in [0.2, 0.25) is 12.4 Å². The van der Waals surface area contributed by atoms with Crippen LogP contribution in [-0.4, -0.2) is 255 Å². The van der Waals surface area contributed by atoms with Crippen molar-refractivity contribution < 1.29 is 160 Å². The molecule has 4 fully saturated rings. The van der Waals surface area contributed by atoms with E-state index in [0.29, 0.717) is 0 Å². The van der Waals surface area contributed by atoms with Crippen molar-refractivity contribution in [3.8, 4) is 0 Å². The van der Waals surface area contributed by atoms with Gasteiger partial charge in [0.25, 0.3) is 0 Å². The summed E-state index contributed by atoms with van der Waals surface area (Å²) in [5.41, 5.74) is 0. The van der Waals surface area contributed by atoms with Gasteiger partial charge in [-0.1, -0.05) is 6.07 Å². The highest BCUT2D eigenvalue weighted by Crippen LogP contribution is 2.36. The highest BCUT2D eigenvalue weighted by Gasteiger charge is 2.58. The molecule has 0 aromatic carbocycles. The molecule has 34 heteroatoms. The third-order valence-corrected chi connectivity index (χ3v) is 11.0. The number of aromatic nitrogens is 1. The van der Waals surface area contributed by atoms with Crippen LogP contribution in [-0.2, 0) is 119 Å². The predicted molar refractivity (Wildman–Crippen MR) is 260 cm³/mol. The molecule has 34 nitrogen and oxygen atoms in total. The molecule has 4 aliphatic rings. The molecule has 83 heavy (non-hydrogen) atoms. The molecule has 0 spiro atoms. The van der Waals surface area contributed by atoms with Crippen molar-refractivity contribution in [2.75, 3.05) is 26.4 Å². The summed E-state index contributed by atoms with van der Waals surface area (Å²) in [6.45, 7) is 8.07. The van der Waals surface area contributed by atoms with Gasteiger partial charge in [-0.3, -0.25) is 52.9 Å². The lowest BCUT2D eigenvalue weighted by atomic mass is 9.96. The Hall–Kier alpha value is -6.51. The molecule has 470 valence electrons. The van der Waals surface area contributed by atoms with Crippen LogP contribution in [0.15, 0.2) is 30.6 Å². The number of esters is 10. The standard InChI is InChI=1S/C28H38O19.C12H22O11.C5H5N.C4H6O3/c1-11(29)37-9-19-21(39-13(3)31)23(40-14(4)32)26(43-17(7)35)28(46-19)47-22-20(10-38-12(2)30)45-27(44-18(8)36)25(42-16(6)34)24(22)41-15(5)33;13-1-3-5(15)6(16)9(19)12(22-3)23-10-4(2-14)21-11(20)8(18)7(10)17;1-2-4-6-5-3-1;1-3(5)7-4(2)6/h19-28H,9-10H2,1-8H3;3-20H,1-2H2;1-5H;1-2H3/t19?,20?,21?,22?,23?,24?,25?,26?,27-,28?;3?,4?,5?,6?,7?,8?,9?,10?,11-,12?;;/m00../s1. The Bertz CT molecular complexity index is 2230. The number of carbonyl (C=O) groups excluding carboxylic acids is 10. The summed E-state index contributed by atoms with van der Waals surface area (Å²) < 4.78 is 79.4. The summed E-state index contributed by atoms with van der Waals surface area (Å²) in [6.07, 6.45) is -28.4. The summed E-state index contributed by atoms with van der Waals surface area (Å²) in [4.78, 5) is 120. The van der Waals surface area contributed by atoms with E-state index in [2.05, 4.69) is 9.72 Å². The molecule has 0 amide bonds. The summed E-state index contributed by atoms with van der Waals surface area (Å²) >= 11 is 0. The van der Waals surface area contributed by atoms with Gasteiger partial charge < -0.3 is 112 Å². The predicted octanol–water partition coefficient (Wildman–Crippen LogP) is -5.05. The Morgan fingerprint density at radius 3 is 1.16 bits per heavy atom. The second kappa shape index (κ2) is 35.6. The summed E-state index contributed by atoms with van der Waals surface area (Å²) in [5, 5.41) is 76.5. The average molecular weight is 1200 g/mol. The Morgan fingerprint density at radius 1 is 0.361 bits per heavy atom. The molecule has 1 aromatic heterocycles. The number of carbonyl (C=O) groups is 10. The summed E-state index contributed by atoms with van der Waals surface area (Å²) in [7, 11) is 0. The van der Waals surface area contributed by atoms with Crippen molar-refractivity contribution >= 4 is 59.7 Å². The van der Waals surface area contributed by atoms with E-state index in [1.807, 2.05) is 18.2 Å². The van der Waals surface area contributed by atoms with Crippen molar-refractivity contribution in [3.05, 3.63) is 30.6 Å². The number of aliphatic hydroxyl groups is 8. The molecule has 4 aliphatic heterocycles. The Kier molecular flexibility index (Phi) is 31.1. The fraction of sp³-hybridized carbons (Fsp3) is 0.694. The van der Waals surface area contributed by atoms with Crippen LogP contribution in [0.2, 0.25) is 0 Å². The fourth-order valence-electron chi connectivity index (χ4n) is 7.82. The summed E-state index contributed by atoms with van der Waals surface area (Å²) in [6, 6.07) is 5.72. The Balaban J connectivity index is 0.000000529. The molecule has 1 aromatic rings. The average Bonchev–Trinajstić information content (AvgIpc) is 3.46. The van der Waals surface area contributed by atoms with Crippen molar-refractivity contribution in [1.82, 2.24) is 4.98 Å². The van der Waals surface area contributed by atoms with Gasteiger partial charge in [0.05, 0.1) is 13.2 Å². The van der Waals surface area contributed by atoms with Crippen molar-refractivity contribution in [2.45, 2.75) is 192 Å². The van der Waals surface area contributed by atoms with Gasteiger partial charge in [-0.05, 0) is 12.1 Å². The van der Waals surface area contributed by atoms with E-state index in [4.69, 9.17) is 71.4 Å². The van der Waals surface area contributed by atoms with E-state index in [9.17, 15) is 83.7 Å². The molecule has 0 bridgehead atoms. The fourth-order valence-corrected chi connectivity index (χ4v) is 7.82. The molecule has 18 unspecified atom stereocenters. The van der Waals surface area contributed by atoms with Crippen LogP contribution in [0.4, 0.5) is 0 Å². The first-order valence-corrected chi connectivity index (χ1v) is 24.9. The molecule has 8 N–H and O–H groups in total. The smallest absolute Gasteiger partial charge is 0.310 e. The molecular formula is C49H71NO33. The molecule has 4 saturated heterocycles. The monoisotopic (exact) mass is 1200 g/mol. The minimum atomic E-state index is -1.83. The second-order valence-corrected chi connectivity index (χ2v) is 17.9. The first-order valence-electron chi connectivity index (χ1n) is 24.9. The van der Waals surface area contributed by atoms with E-state index in [1.54, 1.807) is 12.4 Å². The third kappa shape index (κ3) is 24.3. The number of hydrogen-bond donors (Lipinski definition) is 8. The van der Waals surface area contributed by atoms with Crippen LogP contribution < -0.4 is 0 Å². The lowest BCUT2D eigenvalue weighted by molar-refractivity contribution is -0.357. The van der Waals surface area contributed by atoms with Crippen molar-refractivity contribution in [3.63, 3.8) is 0 Å². The quantitative estimate of drug-likeness (QED) is 0.0436. The largest absolute Gasteiger partial charge is 0.463 e. The minimum Gasteiger partial charge on any atom is -0.463 e. The highest BCUT2D eigenvalue weighted by molar-refractivity contribution is 5.82. The maximum absolute atomic E-state index is 12.3. The molecule has 0 saturated carbocycles. The van der Waals surface area contributed by atoms with Crippen LogP contribution in [0.5, 0.6) is 0 Å². The van der Waals surface area contributed by atoms with E-state index >= 15 is 0 Å². The third-order valence-electron chi connectivity index (χ3n) is 11.0. The van der Waals surface area contributed by atoms with Gasteiger partial charge in [-0.2, -0.15) is 0 Å².